The third-order valence-electron chi connectivity index (χ3n) is 2.33. The summed E-state index contributed by atoms with van der Waals surface area (Å²) in [6, 6.07) is 6.93. The molecule has 1 aromatic carbocycles. The van der Waals surface area contributed by atoms with Crippen LogP contribution in [-0.4, -0.2) is 16.9 Å². The maximum Gasteiger partial charge on any atom is 0.289 e. The van der Waals surface area contributed by atoms with Gasteiger partial charge in [-0.3, -0.25) is 4.79 Å². The fourth-order valence-corrected chi connectivity index (χ4v) is 1.55. The molecule has 6 heteroatoms. The third-order valence-corrected chi connectivity index (χ3v) is 2.68. The van der Waals surface area contributed by atoms with E-state index in [1.165, 1.54) is 13.2 Å². The molecule has 0 saturated heterocycles. The number of hydrogen-bond acceptors (Lipinski definition) is 4. The second-order valence-electron chi connectivity index (χ2n) is 3.53. The first-order chi connectivity index (χ1) is 8.61. The second-order valence-corrected chi connectivity index (χ2v) is 3.91. The Morgan fingerprint density at radius 2 is 1.83 bits per heavy atom. The van der Waals surface area contributed by atoms with Gasteiger partial charge in [-0.2, -0.15) is 5.10 Å². The van der Waals surface area contributed by atoms with Crippen molar-refractivity contribution in [2.24, 2.45) is 7.05 Å². The maximum atomic E-state index is 11.5. The number of methoxy groups -OCH3 is 1. The summed E-state index contributed by atoms with van der Waals surface area (Å²) in [6.45, 7) is 0. The van der Waals surface area contributed by atoms with Crippen molar-refractivity contribution in [2.45, 2.75) is 0 Å². The number of benzene rings is 1. The van der Waals surface area contributed by atoms with E-state index in [4.69, 9.17) is 21.1 Å². The predicted molar refractivity (Wildman–Crippen MR) is 67.6 cm³/mol. The maximum absolute atomic E-state index is 11.5. The number of aromatic nitrogens is 2. The first kappa shape index (κ1) is 12.4. The molecule has 0 atom stereocenters. The van der Waals surface area contributed by atoms with E-state index in [1.807, 2.05) is 0 Å². The zero-order chi connectivity index (χ0) is 13.1. The summed E-state index contributed by atoms with van der Waals surface area (Å²) in [6.07, 6.45) is 1.40. The molecule has 0 fully saturated rings. The summed E-state index contributed by atoms with van der Waals surface area (Å²) in [5.41, 5.74) is -0.400. The average molecular weight is 267 g/mol. The molecular formula is C12H11ClN2O3. The molecule has 0 aliphatic carbocycles. The van der Waals surface area contributed by atoms with E-state index in [2.05, 4.69) is 5.10 Å². The van der Waals surface area contributed by atoms with Gasteiger partial charge in [0, 0.05) is 7.05 Å². The summed E-state index contributed by atoms with van der Waals surface area (Å²) in [5, 5.41) is 3.84. The van der Waals surface area contributed by atoms with Crippen LogP contribution in [0.5, 0.6) is 17.2 Å². The van der Waals surface area contributed by atoms with Crippen molar-refractivity contribution >= 4 is 11.6 Å². The van der Waals surface area contributed by atoms with E-state index in [-0.39, 0.29) is 10.8 Å². The first-order valence-corrected chi connectivity index (χ1v) is 5.53. The Hall–Kier alpha value is -2.01. The molecule has 0 bridgehead atoms. The van der Waals surface area contributed by atoms with Gasteiger partial charge < -0.3 is 9.47 Å². The Kier molecular flexibility index (Phi) is 3.53. The lowest BCUT2D eigenvalue weighted by Crippen LogP contribution is -2.19. The molecule has 0 amide bonds. The molecule has 0 radical (unpaired) electrons. The van der Waals surface area contributed by atoms with Gasteiger partial charge in [-0.05, 0) is 24.3 Å². The number of aryl methyl sites for hydroxylation is 1. The van der Waals surface area contributed by atoms with Crippen LogP contribution in [0.15, 0.2) is 35.3 Å². The van der Waals surface area contributed by atoms with E-state index in [0.29, 0.717) is 5.75 Å². The molecule has 0 spiro atoms. The number of hydrogen-bond donors (Lipinski definition) is 0. The van der Waals surface area contributed by atoms with Gasteiger partial charge in [0.25, 0.3) is 5.56 Å². The predicted octanol–water partition coefficient (Wildman–Crippen LogP) is 2.23. The topological polar surface area (TPSA) is 53.4 Å². The Bertz CT molecular complexity index is 608. The van der Waals surface area contributed by atoms with E-state index >= 15 is 0 Å². The normalized spacial score (nSPS) is 10.2. The Labute approximate surface area is 109 Å². The average Bonchev–Trinajstić information content (AvgIpc) is 2.40. The third kappa shape index (κ3) is 2.46. The molecule has 5 nitrogen and oxygen atoms in total. The van der Waals surface area contributed by atoms with Gasteiger partial charge in [0.2, 0.25) is 0 Å². The quantitative estimate of drug-likeness (QED) is 0.855. The standard InChI is InChI=1S/C12H11ClN2O3/c1-15-12(16)11(13)10(7-14-15)18-9-5-3-8(17-2)4-6-9/h3-7H,1-2H3. The van der Waals surface area contributed by atoms with Crippen LogP contribution in [0.2, 0.25) is 5.02 Å². The summed E-state index contributed by atoms with van der Waals surface area (Å²) in [5.74, 6) is 1.49. The summed E-state index contributed by atoms with van der Waals surface area (Å²) in [4.78, 5) is 11.5. The van der Waals surface area contributed by atoms with E-state index < -0.39 is 5.56 Å². The van der Waals surface area contributed by atoms with Crippen LogP contribution >= 0.6 is 11.6 Å². The van der Waals surface area contributed by atoms with Crippen LogP contribution in [0.25, 0.3) is 0 Å². The van der Waals surface area contributed by atoms with Crippen LogP contribution in [-0.2, 0) is 7.05 Å². The van der Waals surface area contributed by atoms with Gasteiger partial charge in [0.1, 0.15) is 11.5 Å². The monoisotopic (exact) mass is 266 g/mol. The number of nitrogens with zero attached hydrogens (tertiary/aromatic N) is 2. The van der Waals surface area contributed by atoms with Crippen molar-refractivity contribution in [3.63, 3.8) is 0 Å². The SMILES string of the molecule is COc1ccc(Oc2cnn(C)c(=O)c2Cl)cc1. The molecule has 94 valence electrons. The van der Waals surface area contributed by atoms with Crippen molar-refractivity contribution in [1.29, 1.82) is 0 Å². The molecule has 1 heterocycles. The van der Waals surface area contributed by atoms with Gasteiger partial charge in [0.15, 0.2) is 10.8 Å². The van der Waals surface area contributed by atoms with Crippen molar-refractivity contribution < 1.29 is 9.47 Å². The van der Waals surface area contributed by atoms with Gasteiger partial charge >= 0.3 is 0 Å². The Morgan fingerprint density at radius 1 is 1.22 bits per heavy atom. The van der Waals surface area contributed by atoms with Gasteiger partial charge in [-0.25, -0.2) is 4.68 Å². The minimum atomic E-state index is -0.400. The molecule has 18 heavy (non-hydrogen) atoms. The summed E-state index contributed by atoms with van der Waals surface area (Å²) in [7, 11) is 3.10. The lowest BCUT2D eigenvalue weighted by Gasteiger charge is -2.08. The number of ether oxygens (including phenoxy) is 2. The molecular weight excluding hydrogens is 256 g/mol. The zero-order valence-electron chi connectivity index (χ0n) is 9.88. The minimum absolute atomic E-state index is 0.00307. The summed E-state index contributed by atoms with van der Waals surface area (Å²) >= 11 is 5.88. The molecule has 0 N–H and O–H groups in total. The highest BCUT2D eigenvalue weighted by molar-refractivity contribution is 6.31. The first-order valence-electron chi connectivity index (χ1n) is 5.15. The molecule has 2 aromatic rings. The molecule has 1 aromatic heterocycles. The zero-order valence-corrected chi connectivity index (χ0v) is 10.6. The Balaban J connectivity index is 2.28. The highest BCUT2D eigenvalue weighted by Gasteiger charge is 2.09. The van der Waals surface area contributed by atoms with Crippen molar-refractivity contribution in [2.75, 3.05) is 7.11 Å². The number of halogens is 1. The van der Waals surface area contributed by atoms with Crippen molar-refractivity contribution in [1.82, 2.24) is 9.78 Å². The fourth-order valence-electron chi connectivity index (χ4n) is 1.34. The second kappa shape index (κ2) is 5.10. The molecule has 0 aliphatic heterocycles. The van der Waals surface area contributed by atoms with Gasteiger partial charge in [0.05, 0.1) is 13.3 Å². The van der Waals surface area contributed by atoms with Crippen molar-refractivity contribution in [3.05, 3.63) is 45.8 Å². The lowest BCUT2D eigenvalue weighted by molar-refractivity contribution is 0.412. The van der Waals surface area contributed by atoms with E-state index in [0.717, 1.165) is 10.4 Å². The molecule has 2 rings (SSSR count). The summed E-state index contributed by atoms with van der Waals surface area (Å²) < 4.78 is 11.7. The van der Waals surface area contributed by atoms with Crippen LogP contribution in [0.1, 0.15) is 0 Å². The van der Waals surface area contributed by atoms with Crippen LogP contribution < -0.4 is 15.0 Å². The van der Waals surface area contributed by atoms with Crippen LogP contribution in [0.3, 0.4) is 0 Å². The van der Waals surface area contributed by atoms with Gasteiger partial charge in [-0.1, -0.05) is 11.6 Å². The van der Waals surface area contributed by atoms with Crippen LogP contribution in [0, 0.1) is 0 Å². The van der Waals surface area contributed by atoms with Gasteiger partial charge in [-0.15, -0.1) is 0 Å². The molecule has 0 aliphatic rings. The minimum Gasteiger partial charge on any atom is -0.497 e. The largest absolute Gasteiger partial charge is 0.497 e. The molecule has 0 saturated carbocycles. The fraction of sp³-hybridized carbons (Fsp3) is 0.167. The molecule has 0 unspecified atom stereocenters. The number of rotatable bonds is 3. The van der Waals surface area contributed by atoms with Crippen LogP contribution in [0.4, 0.5) is 0 Å². The lowest BCUT2D eigenvalue weighted by atomic mass is 10.3. The Morgan fingerprint density at radius 3 is 2.44 bits per heavy atom. The highest BCUT2D eigenvalue weighted by atomic mass is 35.5. The smallest absolute Gasteiger partial charge is 0.289 e. The van der Waals surface area contributed by atoms with Crippen molar-refractivity contribution in [3.8, 4) is 17.2 Å². The van der Waals surface area contributed by atoms with E-state index in [9.17, 15) is 4.79 Å². The highest BCUT2D eigenvalue weighted by Crippen LogP contribution is 2.26. The van der Waals surface area contributed by atoms with E-state index in [1.54, 1.807) is 31.4 Å².